The summed E-state index contributed by atoms with van der Waals surface area (Å²) in [5, 5.41) is 2.37. The Morgan fingerprint density at radius 3 is 1.56 bits per heavy atom. The fraction of sp³-hybridized carbons (Fsp3) is 0.0299. The van der Waals surface area contributed by atoms with Crippen molar-refractivity contribution in [3.63, 3.8) is 0 Å². The molecular formula is C67H46N4. The van der Waals surface area contributed by atoms with E-state index in [0.717, 1.165) is 28.1 Å². The van der Waals surface area contributed by atoms with Gasteiger partial charge in [0.1, 0.15) is 12.5 Å². The molecule has 0 amide bonds. The van der Waals surface area contributed by atoms with Crippen LogP contribution in [0.5, 0.6) is 0 Å². The Morgan fingerprint density at radius 2 is 0.873 bits per heavy atom. The van der Waals surface area contributed by atoms with Crippen molar-refractivity contribution in [2.45, 2.75) is 5.41 Å². The molecule has 2 aliphatic rings. The van der Waals surface area contributed by atoms with Crippen LogP contribution in [0.3, 0.4) is 0 Å². The molecule has 2 aromatic heterocycles. The van der Waals surface area contributed by atoms with Crippen molar-refractivity contribution < 1.29 is 0 Å². The van der Waals surface area contributed by atoms with Crippen LogP contribution in [-0.4, -0.2) is 16.2 Å². The van der Waals surface area contributed by atoms with E-state index >= 15 is 0 Å². The Hall–Kier alpha value is -9.25. The first-order valence-electron chi connectivity index (χ1n) is 24.5. The molecule has 0 saturated carbocycles. The predicted molar refractivity (Wildman–Crippen MR) is 294 cm³/mol. The average molecular weight is 907 g/mol. The summed E-state index contributed by atoms with van der Waals surface area (Å²) in [7, 11) is 0. The quantitative estimate of drug-likeness (QED) is 0.152. The smallest absolute Gasteiger partial charge is 0.138 e. The van der Waals surface area contributed by atoms with Gasteiger partial charge in [0.15, 0.2) is 0 Å². The summed E-state index contributed by atoms with van der Waals surface area (Å²) in [6.07, 6.45) is 1.98. The number of aromatic nitrogens is 2. The Kier molecular flexibility index (Phi) is 9.46. The van der Waals surface area contributed by atoms with Gasteiger partial charge in [0.2, 0.25) is 0 Å². The number of para-hydroxylation sites is 4. The standard InChI is InChI=1S/C67H46N4/c1-4-20-46(21-5-1)53-31-19-32-54(47-22-6-2-7-23-47)66(53)48-40-41-68-65(42-48)71-61-35-15-12-30-57(61)58-39-38-50(44-64(58)71)67(59-33-13-10-28-55(59)56-29-11-14-34-60(56)67)49-24-18-27-52(43-49)70-45-69(51-25-8-3-9-26-51)62-36-16-17-37-63(62)70/h1-44H,45H2. The third-order valence-electron chi connectivity index (χ3n) is 15.0. The van der Waals surface area contributed by atoms with Crippen molar-refractivity contribution in [3.05, 3.63) is 289 Å². The molecule has 334 valence electrons. The summed E-state index contributed by atoms with van der Waals surface area (Å²) in [5.41, 5.74) is 20.8. The number of hydrogen-bond donors (Lipinski definition) is 0. The van der Waals surface area contributed by atoms with Gasteiger partial charge in [-0.25, -0.2) is 4.98 Å². The average Bonchev–Trinajstić information content (AvgIpc) is 4.11. The molecule has 0 atom stereocenters. The zero-order valence-corrected chi connectivity index (χ0v) is 38.9. The first kappa shape index (κ1) is 40.8. The number of nitrogens with zero attached hydrogens (tertiary/aromatic N) is 4. The second kappa shape index (κ2) is 16.5. The number of anilines is 4. The molecule has 0 spiro atoms. The molecule has 71 heavy (non-hydrogen) atoms. The molecule has 0 saturated heterocycles. The maximum absolute atomic E-state index is 5.24. The molecule has 14 rings (SSSR count). The fourth-order valence-corrected chi connectivity index (χ4v) is 11.9. The van der Waals surface area contributed by atoms with Crippen molar-refractivity contribution in [3.8, 4) is 50.3 Å². The van der Waals surface area contributed by atoms with Gasteiger partial charge in [0.25, 0.3) is 0 Å². The summed E-state index contributed by atoms with van der Waals surface area (Å²) in [6.45, 7) is 0.702. The van der Waals surface area contributed by atoms with Gasteiger partial charge in [-0.1, -0.05) is 200 Å². The van der Waals surface area contributed by atoms with Crippen molar-refractivity contribution in [1.82, 2.24) is 9.55 Å². The van der Waals surface area contributed by atoms with E-state index in [9.17, 15) is 0 Å². The summed E-state index contributed by atoms with van der Waals surface area (Å²) >= 11 is 0. The Labute approximate surface area is 413 Å². The minimum atomic E-state index is -0.647. The van der Waals surface area contributed by atoms with E-state index in [2.05, 4.69) is 275 Å². The van der Waals surface area contributed by atoms with E-state index in [0.29, 0.717) is 6.67 Å². The Morgan fingerprint density at radius 1 is 0.352 bits per heavy atom. The van der Waals surface area contributed by atoms with Crippen LogP contribution in [0, 0.1) is 0 Å². The van der Waals surface area contributed by atoms with E-state index in [-0.39, 0.29) is 0 Å². The van der Waals surface area contributed by atoms with Crippen LogP contribution in [-0.2, 0) is 5.41 Å². The van der Waals surface area contributed by atoms with Crippen molar-refractivity contribution in [1.29, 1.82) is 0 Å². The van der Waals surface area contributed by atoms with E-state index in [4.69, 9.17) is 4.98 Å². The van der Waals surface area contributed by atoms with Crippen LogP contribution >= 0.6 is 0 Å². The van der Waals surface area contributed by atoms with Crippen LogP contribution in [0.1, 0.15) is 22.3 Å². The zero-order chi connectivity index (χ0) is 46.9. The molecule has 0 bridgehead atoms. The van der Waals surface area contributed by atoms with E-state index in [1.807, 2.05) is 6.20 Å². The molecule has 4 heteroatoms. The monoisotopic (exact) mass is 906 g/mol. The van der Waals surface area contributed by atoms with Crippen LogP contribution in [0.2, 0.25) is 0 Å². The SMILES string of the molecule is c1ccc(-c2cccc(-c3ccccc3)c2-c2ccnc(-n3c4ccccc4c4ccc(C5(c6cccc(N7CN(c8ccccc8)c8ccccc87)c6)c6ccccc6-c6ccccc65)cc43)c2)cc1. The van der Waals surface area contributed by atoms with Gasteiger partial charge in [-0.3, -0.25) is 4.57 Å². The van der Waals surface area contributed by atoms with Crippen molar-refractivity contribution in [2.75, 3.05) is 16.5 Å². The summed E-state index contributed by atoms with van der Waals surface area (Å²) in [6, 6.07) is 95.5. The number of benzene rings is 10. The van der Waals surface area contributed by atoms with Crippen LogP contribution < -0.4 is 9.80 Å². The lowest BCUT2D eigenvalue weighted by Crippen LogP contribution is -2.29. The summed E-state index contributed by atoms with van der Waals surface area (Å²) < 4.78 is 2.39. The zero-order valence-electron chi connectivity index (χ0n) is 38.9. The first-order chi connectivity index (χ1) is 35.2. The van der Waals surface area contributed by atoms with Gasteiger partial charge in [-0.05, 0) is 127 Å². The number of rotatable bonds is 8. The molecule has 10 aromatic carbocycles. The molecule has 4 nitrogen and oxygen atoms in total. The van der Waals surface area contributed by atoms with E-state index in [1.165, 1.54) is 89.0 Å². The van der Waals surface area contributed by atoms with Gasteiger partial charge < -0.3 is 9.80 Å². The molecule has 0 N–H and O–H groups in total. The number of fused-ring (bicyclic) bond motifs is 7. The highest BCUT2D eigenvalue weighted by molar-refractivity contribution is 6.10. The van der Waals surface area contributed by atoms with Gasteiger partial charge in [-0.2, -0.15) is 0 Å². The minimum Gasteiger partial charge on any atom is -0.321 e. The highest BCUT2D eigenvalue weighted by atomic mass is 15.4. The van der Waals surface area contributed by atoms with Crippen LogP contribution in [0.4, 0.5) is 22.7 Å². The Bertz CT molecular complexity index is 3880. The maximum atomic E-state index is 5.24. The Balaban J connectivity index is 0.991. The molecule has 0 unspecified atom stereocenters. The van der Waals surface area contributed by atoms with Gasteiger partial charge >= 0.3 is 0 Å². The first-order valence-corrected chi connectivity index (χ1v) is 24.5. The highest BCUT2D eigenvalue weighted by Crippen LogP contribution is 2.57. The predicted octanol–water partition coefficient (Wildman–Crippen LogP) is 16.8. The van der Waals surface area contributed by atoms with E-state index in [1.54, 1.807) is 0 Å². The number of pyridine rings is 1. The molecule has 12 aromatic rings. The van der Waals surface area contributed by atoms with Crippen LogP contribution in [0.25, 0.3) is 72.1 Å². The topological polar surface area (TPSA) is 24.3 Å². The minimum absolute atomic E-state index is 0.647. The van der Waals surface area contributed by atoms with Gasteiger partial charge in [0.05, 0.1) is 27.8 Å². The molecule has 0 radical (unpaired) electrons. The van der Waals surface area contributed by atoms with E-state index < -0.39 is 5.41 Å². The molecule has 3 heterocycles. The molecule has 1 aliphatic heterocycles. The largest absolute Gasteiger partial charge is 0.321 e. The second-order valence-electron chi connectivity index (χ2n) is 18.7. The normalized spacial score (nSPS) is 13.4. The molecular weight excluding hydrogens is 861 g/mol. The lowest BCUT2D eigenvalue weighted by atomic mass is 9.67. The number of hydrogen-bond acceptors (Lipinski definition) is 3. The van der Waals surface area contributed by atoms with Gasteiger partial charge in [-0.15, -0.1) is 0 Å². The third-order valence-corrected chi connectivity index (χ3v) is 15.0. The third kappa shape index (κ3) is 6.35. The second-order valence-corrected chi connectivity index (χ2v) is 18.7. The maximum Gasteiger partial charge on any atom is 0.138 e. The summed E-state index contributed by atoms with van der Waals surface area (Å²) in [4.78, 5) is 10.1. The lowest BCUT2D eigenvalue weighted by molar-refractivity contribution is 0.768. The molecule has 0 fully saturated rings. The summed E-state index contributed by atoms with van der Waals surface area (Å²) in [5.74, 6) is 0.867. The highest BCUT2D eigenvalue weighted by Gasteiger charge is 2.46. The fourth-order valence-electron chi connectivity index (χ4n) is 11.9. The van der Waals surface area contributed by atoms with Gasteiger partial charge in [0, 0.05) is 28.3 Å². The van der Waals surface area contributed by atoms with Crippen molar-refractivity contribution >= 4 is 44.6 Å². The van der Waals surface area contributed by atoms with Crippen LogP contribution in [0.15, 0.2) is 267 Å². The molecule has 1 aliphatic carbocycles. The lowest BCUT2D eigenvalue weighted by Gasteiger charge is -2.35. The van der Waals surface area contributed by atoms with Crippen molar-refractivity contribution in [2.24, 2.45) is 0 Å².